The van der Waals surface area contributed by atoms with Gasteiger partial charge in [0.1, 0.15) is 10.7 Å². The smallest absolute Gasteiger partial charge is 0.234 e. The zero-order chi connectivity index (χ0) is 14.8. The van der Waals surface area contributed by atoms with Gasteiger partial charge in [0.05, 0.1) is 5.69 Å². The van der Waals surface area contributed by atoms with E-state index in [0.717, 1.165) is 29.8 Å². The fourth-order valence-electron chi connectivity index (χ4n) is 2.83. The lowest BCUT2D eigenvalue weighted by atomic mass is 9.86. The van der Waals surface area contributed by atoms with Crippen molar-refractivity contribution in [2.24, 2.45) is 0 Å². The third-order valence-electron chi connectivity index (χ3n) is 3.94. The monoisotopic (exact) mass is 305 g/mol. The first kappa shape index (κ1) is 14.3. The second-order valence-corrected chi connectivity index (χ2v) is 6.79. The fraction of sp³-hybridized carbons (Fsp3) is 0.643. The van der Waals surface area contributed by atoms with E-state index in [2.05, 4.69) is 34.4 Å². The second kappa shape index (κ2) is 6.01. The molecule has 2 heterocycles. The largest absolute Gasteiger partial charge is 0.296 e. The summed E-state index contributed by atoms with van der Waals surface area (Å²) in [6.45, 7) is 4.18. The lowest BCUT2D eigenvalue weighted by Gasteiger charge is -2.21. The van der Waals surface area contributed by atoms with E-state index in [9.17, 15) is 4.79 Å². The van der Waals surface area contributed by atoms with Gasteiger partial charge in [-0.15, -0.1) is 15.3 Å². The highest BCUT2D eigenvalue weighted by atomic mass is 32.1. The highest BCUT2D eigenvalue weighted by molar-refractivity contribution is 7.13. The molecule has 1 fully saturated rings. The van der Waals surface area contributed by atoms with Gasteiger partial charge in [0.2, 0.25) is 5.13 Å². The standard InChI is InChI=1S/C14H19N5OS/c1-9(2)13-16-17-14(21-13)19-12(11(8-20)15-18-19)10-6-4-3-5-7-10/h8-10H,3-7H2,1-2H3. The molecule has 0 radical (unpaired) electrons. The Bertz CT molecular complexity index is 627. The minimum atomic E-state index is 0.337. The highest BCUT2D eigenvalue weighted by Gasteiger charge is 2.26. The van der Waals surface area contributed by atoms with Gasteiger partial charge < -0.3 is 0 Å². The van der Waals surface area contributed by atoms with Crippen molar-refractivity contribution in [3.05, 3.63) is 16.4 Å². The first-order chi connectivity index (χ1) is 10.2. The summed E-state index contributed by atoms with van der Waals surface area (Å²) in [5, 5.41) is 18.3. The van der Waals surface area contributed by atoms with Crippen molar-refractivity contribution in [1.29, 1.82) is 0 Å². The zero-order valence-corrected chi connectivity index (χ0v) is 13.1. The molecule has 21 heavy (non-hydrogen) atoms. The average molecular weight is 305 g/mol. The number of aromatic nitrogens is 5. The van der Waals surface area contributed by atoms with Gasteiger partial charge in [-0.25, -0.2) is 0 Å². The molecule has 6 nitrogen and oxygen atoms in total. The van der Waals surface area contributed by atoms with Crippen molar-refractivity contribution in [3.63, 3.8) is 0 Å². The molecule has 0 bridgehead atoms. The van der Waals surface area contributed by atoms with Crippen LogP contribution in [0.2, 0.25) is 0 Å². The van der Waals surface area contributed by atoms with Crippen molar-refractivity contribution in [2.75, 3.05) is 0 Å². The minimum Gasteiger partial charge on any atom is -0.296 e. The average Bonchev–Trinajstić information content (AvgIpc) is 3.14. The Labute approximate surface area is 127 Å². The Balaban J connectivity index is 2.01. The Morgan fingerprint density at radius 1 is 1.19 bits per heavy atom. The van der Waals surface area contributed by atoms with Crippen LogP contribution in [0.1, 0.15) is 79.0 Å². The lowest BCUT2D eigenvalue weighted by Crippen LogP contribution is -2.12. The van der Waals surface area contributed by atoms with Gasteiger partial charge >= 0.3 is 0 Å². The van der Waals surface area contributed by atoms with Gasteiger partial charge in [-0.3, -0.25) is 4.79 Å². The van der Waals surface area contributed by atoms with Crippen molar-refractivity contribution in [1.82, 2.24) is 25.2 Å². The molecular formula is C14H19N5OS. The molecule has 0 N–H and O–H groups in total. The van der Waals surface area contributed by atoms with E-state index in [0.29, 0.717) is 22.7 Å². The van der Waals surface area contributed by atoms with Crippen molar-refractivity contribution in [3.8, 4) is 5.13 Å². The van der Waals surface area contributed by atoms with Crippen LogP contribution in [0.5, 0.6) is 0 Å². The molecule has 0 unspecified atom stereocenters. The predicted molar refractivity (Wildman–Crippen MR) is 80.1 cm³/mol. The van der Waals surface area contributed by atoms with Crippen LogP contribution in [0, 0.1) is 0 Å². The molecule has 1 aliphatic carbocycles. The first-order valence-electron chi connectivity index (χ1n) is 7.45. The molecule has 7 heteroatoms. The van der Waals surface area contributed by atoms with E-state index in [1.165, 1.54) is 30.6 Å². The molecule has 3 rings (SSSR count). The molecule has 2 aromatic heterocycles. The molecule has 0 aromatic carbocycles. The third kappa shape index (κ3) is 2.74. The summed E-state index contributed by atoms with van der Waals surface area (Å²) in [7, 11) is 0. The van der Waals surface area contributed by atoms with E-state index in [-0.39, 0.29) is 0 Å². The van der Waals surface area contributed by atoms with E-state index >= 15 is 0 Å². The van der Waals surface area contributed by atoms with Crippen LogP contribution < -0.4 is 0 Å². The number of hydrogen-bond donors (Lipinski definition) is 0. The van der Waals surface area contributed by atoms with Crippen LogP contribution in [0.3, 0.4) is 0 Å². The first-order valence-corrected chi connectivity index (χ1v) is 8.27. The van der Waals surface area contributed by atoms with E-state index in [4.69, 9.17) is 0 Å². The fourth-order valence-corrected chi connectivity index (χ4v) is 3.64. The molecule has 0 saturated heterocycles. The van der Waals surface area contributed by atoms with Crippen LogP contribution in [-0.2, 0) is 0 Å². The number of hydrogen-bond acceptors (Lipinski definition) is 6. The van der Waals surface area contributed by atoms with Crippen LogP contribution in [0.4, 0.5) is 0 Å². The second-order valence-electron chi connectivity index (χ2n) is 5.80. The van der Waals surface area contributed by atoms with Gasteiger partial charge in [0.15, 0.2) is 6.29 Å². The Kier molecular flexibility index (Phi) is 4.10. The van der Waals surface area contributed by atoms with Gasteiger partial charge in [0.25, 0.3) is 0 Å². The molecule has 112 valence electrons. The SMILES string of the molecule is CC(C)c1nnc(-n2nnc(C=O)c2C2CCCCC2)s1. The predicted octanol–water partition coefficient (Wildman–Crippen LogP) is 3.10. The summed E-state index contributed by atoms with van der Waals surface area (Å²) in [6.07, 6.45) is 6.64. The number of nitrogens with zero attached hydrogens (tertiary/aromatic N) is 5. The normalized spacial score (nSPS) is 16.5. The summed E-state index contributed by atoms with van der Waals surface area (Å²) in [4.78, 5) is 11.3. The van der Waals surface area contributed by atoms with Gasteiger partial charge in [-0.2, -0.15) is 4.68 Å². The molecule has 0 spiro atoms. The van der Waals surface area contributed by atoms with Crippen LogP contribution in [-0.4, -0.2) is 31.5 Å². The molecular weight excluding hydrogens is 286 g/mol. The van der Waals surface area contributed by atoms with Crippen LogP contribution in [0.25, 0.3) is 5.13 Å². The van der Waals surface area contributed by atoms with Gasteiger partial charge in [-0.1, -0.05) is 49.7 Å². The molecule has 1 saturated carbocycles. The Morgan fingerprint density at radius 3 is 2.57 bits per heavy atom. The highest BCUT2D eigenvalue weighted by Crippen LogP contribution is 2.35. The summed E-state index contributed by atoms with van der Waals surface area (Å²) >= 11 is 1.52. The molecule has 1 aliphatic rings. The number of aldehydes is 1. The molecule has 2 aromatic rings. The summed E-state index contributed by atoms with van der Waals surface area (Å²) in [6, 6.07) is 0. The Hall–Kier alpha value is -1.63. The van der Waals surface area contributed by atoms with Crippen LogP contribution >= 0.6 is 11.3 Å². The van der Waals surface area contributed by atoms with E-state index in [1.807, 2.05) is 0 Å². The topological polar surface area (TPSA) is 73.6 Å². The number of carbonyl (C=O) groups excluding carboxylic acids is 1. The van der Waals surface area contributed by atoms with E-state index < -0.39 is 0 Å². The third-order valence-corrected chi connectivity index (χ3v) is 5.14. The van der Waals surface area contributed by atoms with E-state index in [1.54, 1.807) is 4.68 Å². The quantitative estimate of drug-likeness (QED) is 0.811. The minimum absolute atomic E-state index is 0.337. The maximum Gasteiger partial charge on any atom is 0.234 e. The van der Waals surface area contributed by atoms with Crippen molar-refractivity contribution in [2.45, 2.75) is 57.8 Å². The van der Waals surface area contributed by atoms with Crippen molar-refractivity contribution < 1.29 is 4.79 Å². The summed E-state index contributed by atoms with van der Waals surface area (Å²) < 4.78 is 1.73. The lowest BCUT2D eigenvalue weighted by molar-refractivity contribution is 0.111. The Morgan fingerprint density at radius 2 is 1.95 bits per heavy atom. The van der Waals surface area contributed by atoms with Gasteiger partial charge in [-0.05, 0) is 12.8 Å². The maximum atomic E-state index is 11.3. The van der Waals surface area contributed by atoms with Gasteiger partial charge in [0, 0.05) is 11.8 Å². The summed E-state index contributed by atoms with van der Waals surface area (Å²) in [5.41, 5.74) is 1.36. The molecule has 0 amide bonds. The number of carbonyl (C=O) groups is 1. The summed E-state index contributed by atoms with van der Waals surface area (Å²) in [5.74, 6) is 0.684. The molecule has 0 aliphatic heterocycles. The molecule has 0 atom stereocenters. The maximum absolute atomic E-state index is 11.3. The van der Waals surface area contributed by atoms with Crippen molar-refractivity contribution >= 4 is 17.6 Å². The zero-order valence-electron chi connectivity index (χ0n) is 12.3. The number of rotatable bonds is 4. The van der Waals surface area contributed by atoms with Crippen LogP contribution in [0.15, 0.2) is 0 Å².